The van der Waals surface area contributed by atoms with E-state index in [4.69, 9.17) is 4.52 Å². The van der Waals surface area contributed by atoms with Crippen LogP contribution in [0.1, 0.15) is 31.7 Å². The van der Waals surface area contributed by atoms with E-state index in [0.29, 0.717) is 29.8 Å². The van der Waals surface area contributed by atoms with Gasteiger partial charge in [-0.15, -0.1) is 0 Å². The van der Waals surface area contributed by atoms with E-state index >= 15 is 0 Å². The van der Waals surface area contributed by atoms with E-state index in [1.54, 1.807) is 13.8 Å². The molecule has 0 aromatic carbocycles. The van der Waals surface area contributed by atoms with Gasteiger partial charge in [0.25, 0.3) is 0 Å². The van der Waals surface area contributed by atoms with Crippen molar-refractivity contribution in [1.29, 1.82) is 0 Å². The SMILES string of the molecule is Cc1noc(C)c1S(=O)(=O)NCCN1C[C@@H](C)C[C@H](C)C1. The Labute approximate surface area is 126 Å². The van der Waals surface area contributed by atoms with E-state index in [2.05, 4.69) is 28.6 Å². The van der Waals surface area contributed by atoms with E-state index in [1.807, 2.05) is 0 Å². The molecule has 1 saturated heterocycles. The summed E-state index contributed by atoms with van der Waals surface area (Å²) < 4.78 is 32.1. The van der Waals surface area contributed by atoms with E-state index < -0.39 is 10.0 Å². The van der Waals surface area contributed by atoms with E-state index in [0.717, 1.165) is 19.6 Å². The Kier molecular flexibility index (Phi) is 5.06. The first-order valence-electron chi connectivity index (χ1n) is 7.44. The van der Waals surface area contributed by atoms with Crippen LogP contribution in [-0.2, 0) is 10.0 Å². The molecule has 2 atom stereocenters. The summed E-state index contributed by atoms with van der Waals surface area (Å²) in [5.74, 6) is 1.68. The highest BCUT2D eigenvalue weighted by atomic mass is 32.2. The maximum Gasteiger partial charge on any atom is 0.246 e. The number of rotatable bonds is 5. The monoisotopic (exact) mass is 315 g/mol. The summed E-state index contributed by atoms with van der Waals surface area (Å²) in [6.45, 7) is 11.0. The van der Waals surface area contributed by atoms with Gasteiger partial charge in [-0.3, -0.25) is 0 Å². The molecule has 0 bridgehead atoms. The molecule has 1 N–H and O–H groups in total. The fraction of sp³-hybridized carbons (Fsp3) is 0.786. The molecule has 0 amide bonds. The average Bonchev–Trinajstić information content (AvgIpc) is 2.68. The molecule has 0 saturated carbocycles. The molecule has 0 radical (unpaired) electrons. The van der Waals surface area contributed by atoms with Gasteiger partial charge < -0.3 is 9.42 Å². The normalized spacial score (nSPS) is 24.4. The third-order valence-electron chi connectivity index (χ3n) is 3.90. The second-order valence-corrected chi connectivity index (χ2v) is 7.96. The van der Waals surface area contributed by atoms with Crippen molar-refractivity contribution in [3.8, 4) is 0 Å². The van der Waals surface area contributed by atoms with Gasteiger partial charge in [-0.25, -0.2) is 13.1 Å². The molecule has 2 rings (SSSR count). The van der Waals surface area contributed by atoms with Crippen LogP contribution in [0.4, 0.5) is 0 Å². The third-order valence-corrected chi connectivity index (χ3v) is 5.61. The van der Waals surface area contributed by atoms with Crippen LogP contribution in [-0.4, -0.2) is 44.7 Å². The molecule has 7 heteroatoms. The van der Waals surface area contributed by atoms with Gasteiger partial charge in [0.2, 0.25) is 10.0 Å². The smallest absolute Gasteiger partial charge is 0.246 e. The lowest BCUT2D eigenvalue weighted by molar-refractivity contribution is 0.143. The molecule has 21 heavy (non-hydrogen) atoms. The van der Waals surface area contributed by atoms with Crippen LogP contribution >= 0.6 is 0 Å². The van der Waals surface area contributed by atoms with Crippen molar-refractivity contribution in [3.05, 3.63) is 11.5 Å². The molecule has 0 spiro atoms. The van der Waals surface area contributed by atoms with Gasteiger partial charge in [-0.1, -0.05) is 19.0 Å². The molecule has 1 aromatic heterocycles. The number of hydrogen-bond acceptors (Lipinski definition) is 5. The van der Waals surface area contributed by atoms with Gasteiger partial charge in [-0.2, -0.15) is 0 Å². The molecular weight excluding hydrogens is 290 g/mol. The molecule has 1 aliphatic heterocycles. The number of nitrogens with one attached hydrogen (secondary N) is 1. The lowest BCUT2D eigenvalue weighted by atomic mass is 9.92. The largest absolute Gasteiger partial charge is 0.360 e. The van der Waals surface area contributed by atoms with Gasteiger partial charge in [0, 0.05) is 26.2 Å². The highest BCUT2D eigenvalue weighted by molar-refractivity contribution is 7.89. The highest BCUT2D eigenvalue weighted by Crippen LogP contribution is 2.21. The summed E-state index contributed by atoms with van der Waals surface area (Å²) in [6, 6.07) is 0. The van der Waals surface area contributed by atoms with Crippen molar-refractivity contribution in [2.24, 2.45) is 11.8 Å². The Bertz CT molecular complexity index is 553. The first-order valence-corrected chi connectivity index (χ1v) is 8.92. The summed E-state index contributed by atoms with van der Waals surface area (Å²) in [4.78, 5) is 2.50. The van der Waals surface area contributed by atoms with Gasteiger partial charge in [0.15, 0.2) is 5.76 Å². The number of hydrogen-bond donors (Lipinski definition) is 1. The molecule has 1 fully saturated rings. The van der Waals surface area contributed by atoms with Crippen molar-refractivity contribution < 1.29 is 12.9 Å². The maximum absolute atomic E-state index is 12.3. The van der Waals surface area contributed by atoms with Gasteiger partial charge in [0.1, 0.15) is 10.6 Å². The van der Waals surface area contributed by atoms with Crippen LogP contribution in [0.25, 0.3) is 0 Å². The molecule has 0 unspecified atom stereocenters. The summed E-state index contributed by atoms with van der Waals surface area (Å²) in [6.07, 6.45) is 1.25. The minimum Gasteiger partial charge on any atom is -0.360 e. The van der Waals surface area contributed by atoms with Crippen LogP contribution in [0, 0.1) is 25.7 Å². The predicted octanol–water partition coefficient (Wildman–Crippen LogP) is 1.55. The van der Waals surface area contributed by atoms with E-state index in [1.165, 1.54) is 6.42 Å². The zero-order valence-electron chi connectivity index (χ0n) is 13.2. The molecule has 0 aliphatic carbocycles. The lowest BCUT2D eigenvalue weighted by Gasteiger charge is -2.34. The van der Waals surface area contributed by atoms with Crippen molar-refractivity contribution in [1.82, 2.24) is 14.8 Å². The van der Waals surface area contributed by atoms with E-state index in [9.17, 15) is 8.42 Å². The molecule has 1 aliphatic rings. The first kappa shape index (κ1) is 16.5. The Balaban J connectivity index is 1.91. The van der Waals surface area contributed by atoms with Gasteiger partial charge in [0.05, 0.1) is 0 Å². The Morgan fingerprint density at radius 1 is 1.29 bits per heavy atom. The van der Waals surface area contributed by atoms with Gasteiger partial charge in [-0.05, 0) is 32.1 Å². The fourth-order valence-corrected chi connectivity index (χ4v) is 4.59. The zero-order valence-corrected chi connectivity index (χ0v) is 14.0. The highest BCUT2D eigenvalue weighted by Gasteiger charge is 2.25. The van der Waals surface area contributed by atoms with Crippen molar-refractivity contribution >= 4 is 10.0 Å². The van der Waals surface area contributed by atoms with Crippen molar-refractivity contribution in [3.63, 3.8) is 0 Å². The Morgan fingerprint density at radius 3 is 2.43 bits per heavy atom. The topological polar surface area (TPSA) is 75.4 Å². The number of aromatic nitrogens is 1. The number of likely N-dealkylation sites (tertiary alicyclic amines) is 1. The Morgan fingerprint density at radius 2 is 1.90 bits per heavy atom. The quantitative estimate of drug-likeness (QED) is 0.892. The standard InChI is InChI=1S/C14H25N3O3S/c1-10-7-11(2)9-17(8-10)6-5-15-21(18,19)14-12(3)16-20-13(14)4/h10-11,15H,5-9H2,1-4H3/t10-,11-/m0/s1. The van der Waals surface area contributed by atoms with E-state index in [-0.39, 0.29) is 4.90 Å². The summed E-state index contributed by atoms with van der Waals surface area (Å²) in [5.41, 5.74) is 0.403. The predicted molar refractivity (Wildman–Crippen MR) is 80.6 cm³/mol. The van der Waals surface area contributed by atoms with Crippen LogP contribution in [0.15, 0.2) is 9.42 Å². The van der Waals surface area contributed by atoms with Crippen LogP contribution < -0.4 is 4.72 Å². The summed E-state index contributed by atoms with van der Waals surface area (Å²) in [5, 5.41) is 3.70. The Hall–Kier alpha value is -0.920. The van der Waals surface area contributed by atoms with Crippen molar-refractivity contribution in [2.45, 2.75) is 39.0 Å². The maximum atomic E-state index is 12.3. The molecule has 2 heterocycles. The first-order chi connectivity index (χ1) is 9.79. The lowest BCUT2D eigenvalue weighted by Crippen LogP contribution is -2.42. The molecule has 120 valence electrons. The molecular formula is C14H25N3O3S. The fourth-order valence-electron chi connectivity index (χ4n) is 3.24. The molecule has 1 aromatic rings. The third kappa shape index (κ3) is 4.05. The second kappa shape index (κ2) is 6.46. The number of nitrogens with zero attached hydrogens (tertiary/aromatic N) is 2. The van der Waals surface area contributed by atoms with Crippen LogP contribution in [0.2, 0.25) is 0 Å². The van der Waals surface area contributed by atoms with Crippen molar-refractivity contribution in [2.75, 3.05) is 26.2 Å². The zero-order chi connectivity index (χ0) is 15.6. The van der Waals surface area contributed by atoms with Crippen LogP contribution in [0.3, 0.4) is 0 Å². The van der Waals surface area contributed by atoms with Gasteiger partial charge >= 0.3 is 0 Å². The number of sulfonamides is 1. The second-order valence-electron chi connectivity index (χ2n) is 6.26. The molecule has 6 nitrogen and oxygen atoms in total. The minimum atomic E-state index is -3.54. The average molecular weight is 315 g/mol. The number of aryl methyl sites for hydroxylation is 2. The minimum absolute atomic E-state index is 0.169. The summed E-state index contributed by atoms with van der Waals surface area (Å²) in [7, 11) is -3.54. The summed E-state index contributed by atoms with van der Waals surface area (Å²) >= 11 is 0. The van der Waals surface area contributed by atoms with Crippen LogP contribution in [0.5, 0.6) is 0 Å². The number of piperidine rings is 1.